The number of amides is 1. The van der Waals surface area contributed by atoms with E-state index in [0.29, 0.717) is 36.6 Å². The number of aliphatic hydroxyl groups excluding tert-OH is 1. The van der Waals surface area contributed by atoms with Gasteiger partial charge in [-0.05, 0) is 55.2 Å². The molecule has 1 fully saturated rings. The van der Waals surface area contributed by atoms with E-state index in [1.807, 2.05) is 6.92 Å². The predicted molar refractivity (Wildman–Crippen MR) is 144 cm³/mol. The Balaban J connectivity index is 1.68. The van der Waals surface area contributed by atoms with E-state index in [1.54, 1.807) is 42.3 Å². The number of nitrogens with one attached hydrogen (secondary N) is 1. The summed E-state index contributed by atoms with van der Waals surface area (Å²) in [6, 6.07) is 11.4. The van der Waals surface area contributed by atoms with Crippen molar-refractivity contribution in [1.29, 1.82) is 0 Å². The zero-order chi connectivity index (χ0) is 27.4. The summed E-state index contributed by atoms with van der Waals surface area (Å²) in [5.41, 5.74) is 1.12. The normalized spacial score (nSPS) is 14.8. The lowest BCUT2D eigenvalue weighted by Gasteiger charge is -2.41. The number of rotatable bonds is 8. The van der Waals surface area contributed by atoms with Crippen LogP contribution in [-0.2, 0) is 10.3 Å². The van der Waals surface area contributed by atoms with E-state index in [2.05, 4.69) is 5.32 Å². The van der Waals surface area contributed by atoms with E-state index in [-0.39, 0.29) is 41.2 Å². The van der Waals surface area contributed by atoms with Gasteiger partial charge in [-0.1, -0.05) is 41.4 Å². The van der Waals surface area contributed by atoms with Crippen molar-refractivity contribution in [2.75, 3.05) is 38.7 Å². The van der Waals surface area contributed by atoms with E-state index < -0.39 is 11.2 Å². The van der Waals surface area contributed by atoms with Gasteiger partial charge in [-0.25, -0.2) is 4.39 Å². The molecule has 2 N–H and O–H groups in total. The lowest BCUT2D eigenvalue weighted by atomic mass is 9.84. The molecule has 8 nitrogen and oxygen atoms in total. The van der Waals surface area contributed by atoms with Crippen molar-refractivity contribution in [3.8, 4) is 0 Å². The molecule has 1 amide bonds. The summed E-state index contributed by atoms with van der Waals surface area (Å²) in [5, 5.41) is 12.5. The lowest BCUT2D eigenvalue weighted by molar-refractivity contribution is -0.0575. The third-order valence-electron chi connectivity index (χ3n) is 6.75. The maximum atomic E-state index is 13.8. The molecule has 0 aliphatic carbocycles. The molecule has 0 radical (unpaired) electrons. The molecule has 0 bridgehead atoms. The van der Waals surface area contributed by atoms with Crippen molar-refractivity contribution >= 4 is 40.5 Å². The monoisotopic (exact) mass is 563 g/mol. The molecule has 4 rings (SSSR count). The predicted octanol–water partition coefficient (Wildman–Crippen LogP) is 4.55. The molecule has 11 heteroatoms. The number of carbonyl (C=O) groups is 1. The number of ether oxygens (including phenoxy) is 1. The molecule has 38 heavy (non-hydrogen) atoms. The highest BCUT2D eigenvalue weighted by Gasteiger charge is 2.38. The van der Waals surface area contributed by atoms with Gasteiger partial charge < -0.3 is 24.9 Å². The van der Waals surface area contributed by atoms with Gasteiger partial charge in [-0.3, -0.25) is 9.59 Å². The molecule has 0 saturated carbocycles. The number of carbonyl (C=O) groups excluding carboxylic acids is 1. The minimum absolute atomic E-state index is 0.110. The van der Waals surface area contributed by atoms with Gasteiger partial charge in [0.05, 0.1) is 29.7 Å². The highest BCUT2D eigenvalue weighted by atomic mass is 35.5. The zero-order valence-electron chi connectivity index (χ0n) is 21.0. The summed E-state index contributed by atoms with van der Waals surface area (Å²) in [5.74, 6) is -0.711. The summed E-state index contributed by atoms with van der Waals surface area (Å²) < 4.78 is 20.2. The fourth-order valence-electron chi connectivity index (χ4n) is 4.55. The van der Waals surface area contributed by atoms with Crippen molar-refractivity contribution in [1.82, 2.24) is 9.63 Å². The van der Waals surface area contributed by atoms with Crippen LogP contribution in [0.4, 0.5) is 15.8 Å². The molecule has 1 aromatic heterocycles. The van der Waals surface area contributed by atoms with Gasteiger partial charge in [0.25, 0.3) is 5.91 Å². The maximum Gasteiger partial charge on any atom is 0.303 e. The van der Waals surface area contributed by atoms with Gasteiger partial charge in [0.1, 0.15) is 17.4 Å². The Morgan fingerprint density at radius 2 is 1.84 bits per heavy atom. The summed E-state index contributed by atoms with van der Waals surface area (Å²) in [6.07, 6.45) is 2.23. The molecule has 3 aromatic rings. The van der Waals surface area contributed by atoms with Crippen molar-refractivity contribution in [2.45, 2.75) is 25.4 Å². The molecule has 0 spiro atoms. The molecule has 0 unspecified atom stereocenters. The van der Waals surface area contributed by atoms with Gasteiger partial charge in [0.2, 0.25) is 0 Å². The van der Waals surface area contributed by atoms with Crippen LogP contribution < -0.4 is 15.7 Å². The zero-order valence-corrected chi connectivity index (χ0v) is 22.5. The second-order valence-corrected chi connectivity index (χ2v) is 9.82. The number of pyridine rings is 1. The van der Waals surface area contributed by atoms with E-state index in [0.717, 1.165) is 15.9 Å². The van der Waals surface area contributed by atoms with Crippen LogP contribution in [0.25, 0.3) is 0 Å². The number of halogens is 3. The van der Waals surface area contributed by atoms with E-state index in [1.165, 1.54) is 18.3 Å². The fourth-order valence-corrected chi connectivity index (χ4v) is 4.96. The molecule has 202 valence electrons. The van der Waals surface area contributed by atoms with Crippen molar-refractivity contribution in [3.05, 3.63) is 91.6 Å². The molecule has 2 heterocycles. The number of methoxy groups -OCH3 is 1. The Bertz CT molecular complexity index is 1370. The van der Waals surface area contributed by atoms with Gasteiger partial charge in [0.15, 0.2) is 0 Å². The van der Waals surface area contributed by atoms with E-state index >= 15 is 0 Å². The molecular formula is C27H28Cl2FN3O5. The molecule has 1 aliphatic rings. The van der Waals surface area contributed by atoms with Crippen molar-refractivity contribution in [3.63, 3.8) is 0 Å². The minimum Gasteiger partial charge on any atom is -0.408 e. The smallest absolute Gasteiger partial charge is 0.303 e. The third kappa shape index (κ3) is 5.66. The van der Waals surface area contributed by atoms with E-state index in [9.17, 15) is 14.0 Å². The minimum atomic E-state index is -0.688. The molecular weight excluding hydrogens is 536 g/mol. The maximum absolute atomic E-state index is 13.8. The van der Waals surface area contributed by atoms with Crippen molar-refractivity contribution in [2.24, 2.45) is 0 Å². The first-order valence-electron chi connectivity index (χ1n) is 12.0. The Kier molecular flexibility index (Phi) is 8.62. The number of aryl methyl sites for hydroxylation is 1. The fraction of sp³-hybridized carbons (Fsp3) is 0.333. The Morgan fingerprint density at radius 1 is 1.16 bits per heavy atom. The number of likely N-dealkylation sites (tertiary alicyclic amines) is 1. The van der Waals surface area contributed by atoms with Crippen LogP contribution in [0.3, 0.4) is 0 Å². The first kappa shape index (κ1) is 27.9. The average molecular weight is 564 g/mol. The van der Waals surface area contributed by atoms with E-state index in [4.69, 9.17) is 37.9 Å². The summed E-state index contributed by atoms with van der Waals surface area (Å²) in [7, 11) is 1.60. The topological polar surface area (TPSA) is 93.0 Å². The summed E-state index contributed by atoms with van der Waals surface area (Å²) >= 11 is 12.6. The number of piperidine rings is 1. The number of hydrogen-bond donors (Lipinski definition) is 2. The second-order valence-electron chi connectivity index (χ2n) is 9.00. The quantitative estimate of drug-likeness (QED) is 0.418. The van der Waals surface area contributed by atoms with Crippen LogP contribution in [0.5, 0.6) is 0 Å². The van der Waals surface area contributed by atoms with Crippen LogP contribution in [0.15, 0.2) is 53.5 Å². The Morgan fingerprint density at radius 3 is 2.47 bits per heavy atom. The Hall–Kier alpha value is -3.11. The van der Waals surface area contributed by atoms with Gasteiger partial charge in [-0.15, -0.1) is 0 Å². The standard InChI is InChI=1S/C27H28Cl2FN3O5/c1-17-3-6-19(28)15-22(17)31-24-21(16-33(38-14-13-34)26(36)23(24)29)25(35)32-11-9-27(37-2,10-12-32)18-4-7-20(30)8-5-18/h3-8,15-16,31,34H,9-14H2,1-2H3. The van der Waals surface area contributed by atoms with Crippen LogP contribution >= 0.6 is 23.2 Å². The van der Waals surface area contributed by atoms with Gasteiger partial charge >= 0.3 is 5.56 Å². The number of nitrogens with zero attached hydrogens (tertiary/aromatic N) is 2. The van der Waals surface area contributed by atoms with Crippen LogP contribution in [0.1, 0.15) is 34.3 Å². The second kappa shape index (κ2) is 11.7. The summed E-state index contributed by atoms with van der Waals surface area (Å²) in [4.78, 5) is 33.7. The number of anilines is 2. The molecule has 1 saturated heterocycles. The first-order chi connectivity index (χ1) is 18.2. The van der Waals surface area contributed by atoms with Crippen molar-refractivity contribution < 1.29 is 23.9 Å². The number of benzene rings is 2. The largest absolute Gasteiger partial charge is 0.408 e. The highest BCUT2D eigenvalue weighted by Crippen LogP contribution is 2.38. The third-order valence-corrected chi connectivity index (χ3v) is 7.34. The van der Waals surface area contributed by atoms with Crippen LogP contribution in [-0.4, -0.2) is 54.1 Å². The SMILES string of the molecule is COC1(c2ccc(F)cc2)CCN(C(=O)c2cn(OCCO)c(=O)c(Cl)c2Nc2cc(Cl)ccc2C)CC1. The molecule has 0 atom stereocenters. The van der Waals surface area contributed by atoms with Crippen LogP contribution in [0, 0.1) is 12.7 Å². The number of aromatic nitrogens is 1. The Labute approximate surface area is 229 Å². The molecule has 1 aliphatic heterocycles. The average Bonchev–Trinajstić information content (AvgIpc) is 2.93. The van der Waals surface area contributed by atoms with Crippen LogP contribution in [0.2, 0.25) is 10.0 Å². The first-order valence-corrected chi connectivity index (χ1v) is 12.8. The number of hydrogen-bond acceptors (Lipinski definition) is 6. The number of aliphatic hydroxyl groups is 1. The van der Waals surface area contributed by atoms with Gasteiger partial charge in [0, 0.05) is 30.9 Å². The highest BCUT2D eigenvalue weighted by molar-refractivity contribution is 6.34. The van der Waals surface area contributed by atoms with Gasteiger partial charge in [-0.2, -0.15) is 4.73 Å². The molecule has 2 aromatic carbocycles. The summed E-state index contributed by atoms with van der Waals surface area (Å²) in [6.45, 7) is 2.04. The lowest BCUT2D eigenvalue weighted by Crippen LogP contribution is -2.46.